The van der Waals surface area contributed by atoms with Crippen LogP contribution in [0.5, 0.6) is 0 Å². The highest BCUT2D eigenvalue weighted by molar-refractivity contribution is 8.00. The molecule has 0 bridgehead atoms. The fraction of sp³-hybridized carbons (Fsp3) is 0.190. The molecule has 8 heteroatoms. The van der Waals surface area contributed by atoms with Gasteiger partial charge in [0.25, 0.3) is 5.56 Å². The van der Waals surface area contributed by atoms with E-state index in [9.17, 15) is 9.59 Å². The Morgan fingerprint density at radius 1 is 1.17 bits per heavy atom. The molecule has 1 N–H and O–H groups in total. The average Bonchev–Trinajstić information content (AvgIpc) is 2.71. The first kappa shape index (κ1) is 21.5. The minimum Gasteiger partial charge on any atom is -0.325 e. The van der Waals surface area contributed by atoms with Crippen LogP contribution in [0, 0.1) is 6.92 Å². The molecule has 0 aliphatic rings. The Hall–Kier alpha value is -2.22. The van der Waals surface area contributed by atoms with E-state index in [-0.39, 0.29) is 11.5 Å². The number of benzene rings is 2. The van der Waals surface area contributed by atoms with Gasteiger partial charge in [-0.1, -0.05) is 35.5 Å². The molecule has 1 aromatic heterocycles. The van der Waals surface area contributed by atoms with Crippen molar-refractivity contribution < 1.29 is 4.79 Å². The van der Waals surface area contributed by atoms with Gasteiger partial charge in [0, 0.05) is 21.7 Å². The van der Waals surface area contributed by atoms with Crippen molar-refractivity contribution in [3.05, 3.63) is 75.5 Å². The number of thioether (sulfide) groups is 2. The first-order chi connectivity index (χ1) is 13.9. The minimum absolute atomic E-state index is 0.133. The van der Waals surface area contributed by atoms with Gasteiger partial charge in [0.2, 0.25) is 5.91 Å². The van der Waals surface area contributed by atoms with Crippen LogP contribution in [0.2, 0.25) is 5.02 Å². The third kappa shape index (κ3) is 5.44. The predicted molar refractivity (Wildman–Crippen MR) is 122 cm³/mol. The lowest BCUT2D eigenvalue weighted by atomic mass is 10.2. The van der Waals surface area contributed by atoms with Crippen LogP contribution in [-0.4, -0.2) is 27.2 Å². The van der Waals surface area contributed by atoms with E-state index in [0.29, 0.717) is 15.7 Å². The van der Waals surface area contributed by atoms with Crippen LogP contribution in [-0.2, 0) is 4.79 Å². The summed E-state index contributed by atoms with van der Waals surface area (Å²) in [5.74, 6) is -0.133. The summed E-state index contributed by atoms with van der Waals surface area (Å²) in [7, 11) is 0. The number of carbonyl (C=O) groups excluding carboxylic acids is 1. The van der Waals surface area contributed by atoms with Crippen LogP contribution in [0.25, 0.3) is 5.69 Å². The maximum Gasteiger partial charge on any atom is 0.271 e. The second kappa shape index (κ2) is 9.52. The molecule has 1 atom stereocenters. The topological polar surface area (TPSA) is 64.0 Å². The highest BCUT2D eigenvalue weighted by Gasteiger charge is 2.16. The van der Waals surface area contributed by atoms with Crippen LogP contribution in [0.3, 0.4) is 0 Å². The number of hydrogen-bond acceptors (Lipinski definition) is 5. The maximum atomic E-state index is 12.6. The van der Waals surface area contributed by atoms with Gasteiger partial charge in [0.05, 0.1) is 10.9 Å². The Labute approximate surface area is 182 Å². The van der Waals surface area contributed by atoms with E-state index >= 15 is 0 Å². The number of amides is 1. The van der Waals surface area contributed by atoms with E-state index in [0.717, 1.165) is 16.1 Å². The Bertz CT molecular complexity index is 1100. The number of hydrogen-bond donors (Lipinski definition) is 1. The quantitative estimate of drug-likeness (QED) is 0.539. The fourth-order valence-corrected chi connectivity index (χ4v) is 3.97. The largest absolute Gasteiger partial charge is 0.325 e. The third-order valence-electron chi connectivity index (χ3n) is 4.18. The van der Waals surface area contributed by atoms with E-state index < -0.39 is 5.25 Å². The Balaban J connectivity index is 1.76. The molecule has 2 aromatic carbocycles. The molecule has 0 aliphatic heterocycles. The van der Waals surface area contributed by atoms with Crippen LogP contribution >= 0.6 is 35.1 Å². The van der Waals surface area contributed by atoms with Gasteiger partial charge in [-0.2, -0.15) is 9.78 Å². The second-order valence-electron chi connectivity index (χ2n) is 6.34. The number of halogens is 1. The molecule has 0 saturated carbocycles. The summed E-state index contributed by atoms with van der Waals surface area (Å²) >= 11 is 9.08. The van der Waals surface area contributed by atoms with Crippen molar-refractivity contribution >= 4 is 46.7 Å². The Kier molecular flexibility index (Phi) is 7.05. The van der Waals surface area contributed by atoms with Gasteiger partial charge in [0.1, 0.15) is 5.03 Å². The van der Waals surface area contributed by atoms with E-state index in [2.05, 4.69) is 10.4 Å². The Morgan fingerprint density at radius 3 is 2.69 bits per heavy atom. The van der Waals surface area contributed by atoms with Crippen molar-refractivity contribution in [3.8, 4) is 5.69 Å². The standard InChI is InChI=1S/C21H20ClN3O2S2/c1-13-7-8-16(12-18(13)22)25-20(26)10-9-19(24-25)29-14(2)21(27)23-15-5-4-6-17(11-15)28-3/h4-12,14H,1-3H3,(H,23,27)/t14-/m1/s1. The zero-order valence-electron chi connectivity index (χ0n) is 16.2. The van der Waals surface area contributed by atoms with Crippen LogP contribution < -0.4 is 10.9 Å². The minimum atomic E-state index is -0.395. The summed E-state index contributed by atoms with van der Waals surface area (Å²) < 4.78 is 1.29. The second-order valence-corrected chi connectivity index (χ2v) is 8.98. The highest BCUT2D eigenvalue weighted by Crippen LogP contribution is 2.24. The average molecular weight is 446 g/mol. The van der Waals surface area contributed by atoms with Crippen molar-refractivity contribution in [1.82, 2.24) is 9.78 Å². The number of aryl methyl sites for hydroxylation is 1. The predicted octanol–water partition coefficient (Wildman–Crippen LogP) is 5.04. The summed E-state index contributed by atoms with van der Waals surface area (Å²) in [6, 6.07) is 16.1. The molecule has 0 unspecified atom stereocenters. The van der Waals surface area contributed by atoms with Gasteiger partial charge in [-0.15, -0.1) is 11.8 Å². The first-order valence-electron chi connectivity index (χ1n) is 8.86. The van der Waals surface area contributed by atoms with E-state index in [1.807, 2.05) is 43.5 Å². The van der Waals surface area contributed by atoms with Crippen molar-refractivity contribution in [2.24, 2.45) is 0 Å². The molecule has 0 fully saturated rings. The third-order valence-corrected chi connectivity index (χ3v) is 6.34. The monoisotopic (exact) mass is 445 g/mol. The van der Waals surface area contributed by atoms with Crippen LogP contribution in [0.15, 0.2) is 69.3 Å². The fourth-order valence-electron chi connectivity index (χ4n) is 2.54. The number of nitrogens with one attached hydrogen (secondary N) is 1. The van der Waals surface area contributed by atoms with Crippen molar-refractivity contribution in [1.29, 1.82) is 0 Å². The number of nitrogens with zero attached hydrogens (tertiary/aromatic N) is 2. The molecular formula is C21H20ClN3O2S2. The highest BCUT2D eigenvalue weighted by atomic mass is 35.5. The molecule has 3 rings (SSSR count). The molecule has 150 valence electrons. The molecular weight excluding hydrogens is 426 g/mol. The van der Waals surface area contributed by atoms with Crippen LogP contribution in [0.4, 0.5) is 5.69 Å². The summed E-state index contributed by atoms with van der Waals surface area (Å²) in [6.07, 6.45) is 1.99. The maximum absolute atomic E-state index is 12.6. The summed E-state index contributed by atoms with van der Waals surface area (Å²) in [6.45, 7) is 3.70. The molecule has 1 amide bonds. The SMILES string of the molecule is CSc1cccc(NC(=O)[C@@H](C)Sc2ccc(=O)n(-c3ccc(C)c(Cl)c3)n2)c1. The lowest BCUT2D eigenvalue weighted by Crippen LogP contribution is -2.24. The normalized spacial score (nSPS) is 11.9. The lowest BCUT2D eigenvalue weighted by molar-refractivity contribution is -0.115. The number of carbonyl (C=O) groups is 1. The van der Waals surface area contributed by atoms with Gasteiger partial charge >= 0.3 is 0 Å². The molecule has 0 saturated heterocycles. The van der Waals surface area contributed by atoms with Gasteiger partial charge in [-0.25, -0.2) is 0 Å². The first-order valence-corrected chi connectivity index (χ1v) is 11.3. The molecule has 0 radical (unpaired) electrons. The van der Waals surface area contributed by atoms with Crippen molar-refractivity contribution in [2.75, 3.05) is 11.6 Å². The van der Waals surface area contributed by atoms with Crippen molar-refractivity contribution in [3.63, 3.8) is 0 Å². The van der Waals surface area contributed by atoms with E-state index in [1.165, 1.54) is 22.5 Å². The molecule has 1 heterocycles. The summed E-state index contributed by atoms with van der Waals surface area (Å²) in [5, 5.41) is 8.06. The number of rotatable bonds is 6. The van der Waals surface area contributed by atoms with E-state index in [1.54, 1.807) is 36.9 Å². The van der Waals surface area contributed by atoms with Gasteiger partial charge in [-0.05, 0) is 62.1 Å². The molecule has 0 aliphatic carbocycles. The van der Waals surface area contributed by atoms with Gasteiger partial charge in [-0.3, -0.25) is 9.59 Å². The van der Waals surface area contributed by atoms with Gasteiger partial charge < -0.3 is 5.32 Å². The molecule has 29 heavy (non-hydrogen) atoms. The molecule has 5 nitrogen and oxygen atoms in total. The Morgan fingerprint density at radius 2 is 1.97 bits per heavy atom. The lowest BCUT2D eigenvalue weighted by Gasteiger charge is -2.13. The zero-order chi connectivity index (χ0) is 21.0. The number of anilines is 1. The number of aromatic nitrogens is 2. The van der Waals surface area contributed by atoms with E-state index in [4.69, 9.17) is 11.6 Å². The summed E-state index contributed by atoms with van der Waals surface area (Å²) in [4.78, 5) is 25.9. The van der Waals surface area contributed by atoms with Gasteiger partial charge in [0.15, 0.2) is 0 Å². The smallest absolute Gasteiger partial charge is 0.271 e. The van der Waals surface area contributed by atoms with Crippen LogP contribution in [0.1, 0.15) is 12.5 Å². The molecule has 3 aromatic rings. The molecule has 0 spiro atoms. The zero-order valence-corrected chi connectivity index (χ0v) is 18.6. The summed E-state index contributed by atoms with van der Waals surface area (Å²) in [5.41, 5.74) is 1.99. The van der Waals surface area contributed by atoms with Crippen molar-refractivity contribution in [2.45, 2.75) is 29.0 Å².